The fourth-order valence-corrected chi connectivity index (χ4v) is 2.53. The number of nitro benzene ring substituents is 1. The number of amides is 1. The molecule has 0 aromatic heterocycles. The second-order valence-electron chi connectivity index (χ2n) is 5.61. The van der Waals surface area contributed by atoms with Crippen LogP contribution in [0.2, 0.25) is 0 Å². The normalized spacial score (nSPS) is 11.4. The molecule has 2 rings (SSSR count). The number of hydrogen-bond donors (Lipinski definition) is 2. The second kappa shape index (κ2) is 8.34. The van der Waals surface area contributed by atoms with Gasteiger partial charge in [0.1, 0.15) is 0 Å². The van der Waals surface area contributed by atoms with E-state index < -0.39 is 10.8 Å². The third-order valence-corrected chi connectivity index (χ3v) is 4.12. The highest BCUT2D eigenvalue weighted by Gasteiger charge is 2.13. The Morgan fingerprint density at radius 2 is 1.84 bits per heavy atom. The van der Waals surface area contributed by atoms with Crippen molar-refractivity contribution >= 4 is 34.6 Å². The van der Waals surface area contributed by atoms with Crippen LogP contribution in [0, 0.1) is 10.1 Å². The minimum absolute atomic E-state index is 0.0697. The van der Waals surface area contributed by atoms with E-state index in [1.54, 1.807) is 0 Å². The van der Waals surface area contributed by atoms with Crippen LogP contribution in [0.5, 0.6) is 0 Å². The SMILES string of the molecule is CC[C@H](C)c1ccccc1NC(=S)NC(=O)c1ccc([N+](=O)[O-])cc1. The van der Waals surface area contributed by atoms with Crippen molar-refractivity contribution in [3.05, 3.63) is 69.8 Å². The highest BCUT2D eigenvalue weighted by Crippen LogP contribution is 2.26. The topological polar surface area (TPSA) is 84.3 Å². The van der Waals surface area contributed by atoms with Crippen LogP contribution in [0.15, 0.2) is 48.5 Å². The van der Waals surface area contributed by atoms with E-state index in [4.69, 9.17) is 12.2 Å². The summed E-state index contributed by atoms with van der Waals surface area (Å²) in [5.74, 6) is -0.0645. The zero-order chi connectivity index (χ0) is 18.4. The van der Waals surface area contributed by atoms with E-state index in [0.717, 1.165) is 17.7 Å². The van der Waals surface area contributed by atoms with Crippen molar-refractivity contribution in [2.75, 3.05) is 5.32 Å². The van der Waals surface area contributed by atoms with Gasteiger partial charge < -0.3 is 5.32 Å². The van der Waals surface area contributed by atoms with Crippen molar-refractivity contribution in [3.63, 3.8) is 0 Å². The smallest absolute Gasteiger partial charge is 0.269 e. The van der Waals surface area contributed by atoms with Crippen LogP contribution in [0.4, 0.5) is 11.4 Å². The first kappa shape index (κ1) is 18.5. The molecule has 0 unspecified atom stereocenters. The standard InChI is InChI=1S/C18H19N3O3S/c1-3-12(2)15-6-4-5-7-16(15)19-18(25)20-17(22)13-8-10-14(11-9-13)21(23)24/h4-12H,3H2,1-2H3,(H2,19,20,22,25)/t12-/m0/s1. The summed E-state index contributed by atoms with van der Waals surface area (Å²) in [6.07, 6.45) is 0.987. The first-order valence-electron chi connectivity index (χ1n) is 7.88. The molecular formula is C18H19N3O3S. The van der Waals surface area contributed by atoms with Crippen molar-refractivity contribution in [3.8, 4) is 0 Å². The van der Waals surface area contributed by atoms with Crippen molar-refractivity contribution < 1.29 is 9.72 Å². The number of carbonyl (C=O) groups excluding carboxylic acids is 1. The molecule has 0 fully saturated rings. The van der Waals surface area contributed by atoms with Gasteiger partial charge in [0.2, 0.25) is 0 Å². The molecular weight excluding hydrogens is 338 g/mol. The Labute approximate surface area is 151 Å². The lowest BCUT2D eigenvalue weighted by atomic mass is 9.97. The van der Waals surface area contributed by atoms with E-state index in [0.29, 0.717) is 11.5 Å². The molecule has 0 spiro atoms. The van der Waals surface area contributed by atoms with Crippen molar-refractivity contribution in [2.45, 2.75) is 26.2 Å². The van der Waals surface area contributed by atoms with Crippen LogP contribution < -0.4 is 10.6 Å². The zero-order valence-electron chi connectivity index (χ0n) is 14.0. The molecule has 2 aromatic rings. The Bertz CT molecular complexity index is 790. The number of carbonyl (C=O) groups is 1. The largest absolute Gasteiger partial charge is 0.332 e. The molecule has 0 aliphatic rings. The maximum Gasteiger partial charge on any atom is 0.269 e. The van der Waals surface area contributed by atoms with Gasteiger partial charge in [-0.3, -0.25) is 20.2 Å². The number of thiocarbonyl (C=S) groups is 1. The van der Waals surface area contributed by atoms with E-state index in [1.807, 2.05) is 24.3 Å². The van der Waals surface area contributed by atoms with Crippen molar-refractivity contribution in [1.82, 2.24) is 5.32 Å². The average molecular weight is 357 g/mol. The number of nitro groups is 1. The molecule has 25 heavy (non-hydrogen) atoms. The van der Waals surface area contributed by atoms with Gasteiger partial charge in [-0.2, -0.15) is 0 Å². The maximum atomic E-state index is 12.2. The summed E-state index contributed by atoms with van der Waals surface area (Å²) >= 11 is 5.21. The Kier molecular flexibility index (Phi) is 6.19. The summed E-state index contributed by atoms with van der Waals surface area (Å²) in [5, 5.41) is 16.5. The minimum atomic E-state index is -0.514. The molecule has 7 heteroatoms. The van der Waals surface area contributed by atoms with Gasteiger partial charge in [-0.15, -0.1) is 0 Å². The lowest BCUT2D eigenvalue weighted by Gasteiger charge is -2.17. The second-order valence-corrected chi connectivity index (χ2v) is 6.02. The lowest BCUT2D eigenvalue weighted by Crippen LogP contribution is -2.34. The van der Waals surface area contributed by atoms with Crippen LogP contribution in [-0.2, 0) is 0 Å². The monoisotopic (exact) mass is 357 g/mol. The van der Waals surface area contributed by atoms with Gasteiger partial charge in [-0.1, -0.05) is 32.0 Å². The first-order valence-corrected chi connectivity index (χ1v) is 8.29. The summed E-state index contributed by atoms with van der Waals surface area (Å²) in [6, 6.07) is 13.1. The van der Waals surface area contributed by atoms with Gasteiger partial charge in [0.15, 0.2) is 5.11 Å². The Morgan fingerprint density at radius 1 is 1.20 bits per heavy atom. The third-order valence-electron chi connectivity index (χ3n) is 3.92. The summed E-state index contributed by atoms with van der Waals surface area (Å²) in [5.41, 5.74) is 2.20. The Hall–Kier alpha value is -2.80. The highest BCUT2D eigenvalue weighted by molar-refractivity contribution is 7.80. The maximum absolute atomic E-state index is 12.2. The summed E-state index contributed by atoms with van der Waals surface area (Å²) in [7, 11) is 0. The number of rotatable bonds is 5. The van der Waals surface area contributed by atoms with Gasteiger partial charge >= 0.3 is 0 Å². The molecule has 1 amide bonds. The minimum Gasteiger partial charge on any atom is -0.332 e. The van der Waals surface area contributed by atoms with E-state index in [-0.39, 0.29) is 10.8 Å². The number of nitrogens with zero attached hydrogens (tertiary/aromatic N) is 1. The van der Waals surface area contributed by atoms with Crippen molar-refractivity contribution in [1.29, 1.82) is 0 Å². The van der Waals surface area contributed by atoms with E-state index in [9.17, 15) is 14.9 Å². The number of benzene rings is 2. The fourth-order valence-electron chi connectivity index (χ4n) is 2.32. The third kappa shape index (κ3) is 4.84. The predicted octanol–water partition coefficient (Wildman–Crippen LogP) is 4.24. The van der Waals surface area contributed by atoms with Crippen LogP contribution >= 0.6 is 12.2 Å². The molecule has 0 aliphatic carbocycles. The molecule has 0 radical (unpaired) electrons. The fraction of sp³-hybridized carbons (Fsp3) is 0.222. The quantitative estimate of drug-likeness (QED) is 0.475. The number of nitrogens with one attached hydrogen (secondary N) is 2. The van der Waals surface area contributed by atoms with Gasteiger partial charge in [0.25, 0.3) is 11.6 Å². The van der Waals surface area contributed by atoms with E-state index >= 15 is 0 Å². The molecule has 0 bridgehead atoms. The molecule has 130 valence electrons. The van der Waals surface area contributed by atoms with Gasteiger partial charge in [0.05, 0.1) is 4.92 Å². The van der Waals surface area contributed by atoms with Crippen LogP contribution in [0.25, 0.3) is 0 Å². The van der Waals surface area contributed by atoms with E-state index in [2.05, 4.69) is 24.5 Å². The molecule has 2 aromatic carbocycles. The molecule has 0 heterocycles. The van der Waals surface area contributed by atoms with Gasteiger partial charge in [-0.05, 0) is 48.3 Å². The highest BCUT2D eigenvalue weighted by atomic mass is 32.1. The van der Waals surface area contributed by atoms with Crippen LogP contribution in [-0.4, -0.2) is 15.9 Å². The molecule has 6 nitrogen and oxygen atoms in total. The number of non-ortho nitro benzene ring substituents is 1. The number of para-hydroxylation sites is 1. The first-order chi connectivity index (χ1) is 11.9. The molecule has 0 saturated heterocycles. The van der Waals surface area contributed by atoms with E-state index in [1.165, 1.54) is 24.3 Å². The Morgan fingerprint density at radius 3 is 2.44 bits per heavy atom. The van der Waals surface area contributed by atoms with Gasteiger partial charge in [-0.25, -0.2) is 0 Å². The number of hydrogen-bond acceptors (Lipinski definition) is 4. The summed E-state index contributed by atoms with van der Waals surface area (Å²) < 4.78 is 0. The molecule has 1 atom stereocenters. The van der Waals surface area contributed by atoms with Crippen LogP contribution in [0.1, 0.15) is 42.1 Å². The van der Waals surface area contributed by atoms with Crippen LogP contribution in [0.3, 0.4) is 0 Å². The van der Waals surface area contributed by atoms with Gasteiger partial charge in [0, 0.05) is 23.4 Å². The number of anilines is 1. The zero-order valence-corrected chi connectivity index (χ0v) is 14.8. The average Bonchev–Trinajstić information content (AvgIpc) is 2.61. The lowest BCUT2D eigenvalue weighted by molar-refractivity contribution is -0.384. The molecule has 0 aliphatic heterocycles. The Balaban J connectivity index is 2.05. The summed E-state index contributed by atoms with van der Waals surface area (Å²) in [6.45, 7) is 4.23. The molecule has 0 saturated carbocycles. The molecule has 2 N–H and O–H groups in total. The predicted molar refractivity (Wildman–Crippen MR) is 102 cm³/mol. The summed E-state index contributed by atoms with van der Waals surface area (Å²) in [4.78, 5) is 22.3. The van der Waals surface area contributed by atoms with Crippen molar-refractivity contribution in [2.24, 2.45) is 0 Å².